The maximum Gasteiger partial charge on any atom is 0.343 e. The van der Waals surface area contributed by atoms with Crippen LogP contribution in [0.2, 0.25) is 5.02 Å². The van der Waals surface area contributed by atoms with Crippen LogP contribution in [0.25, 0.3) is 6.08 Å². The lowest BCUT2D eigenvalue weighted by molar-refractivity contribution is -0.384. The second kappa shape index (κ2) is 11.4. The molecular formula is C26H18ClFN2O7S. The van der Waals surface area contributed by atoms with Crippen molar-refractivity contribution in [3.63, 3.8) is 0 Å². The van der Waals surface area contributed by atoms with E-state index in [0.29, 0.717) is 11.1 Å². The molecule has 1 heterocycles. The number of esters is 1. The molecule has 38 heavy (non-hydrogen) atoms. The fourth-order valence-corrected chi connectivity index (χ4v) is 4.55. The summed E-state index contributed by atoms with van der Waals surface area (Å²) in [6, 6.07) is 13.4. The van der Waals surface area contributed by atoms with Crippen molar-refractivity contribution in [1.82, 2.24) is 4.90 Å². The number of imide groups is 1. The van der Waals surface area contributed by atoms with E-state index in [1.165, 1.54) is 48.5 Å². The Hall–Kier alpha value is -4.22. The zero-order chi connectivity index (χ0) is 27.4. The molecule has 1 saturated heterocycles. The second-order valence-electron chi connectivity index (χ2n) is 7.84. The van der Waals surface area contributed by atoms with Crippen LogP contribution in [0, 0.1) is 15.9 Å². The van der Waals surface area contributed by atoms with Crippen molar-refractivity contribution in [2.75, 3.05) is 6.61 Å². The van der Waals surface area contributed by atoms with Crippen LogP contribution in [-0.4, -0.2) is 33.5 Å². The van der Waals surface area contributed by atoms with Gasteiger partial charge in [-0.3, -0.25) is 24.6 Å². The molecule has 2 amide bonds. The summed E-state index contributed by atoms with van der Waals surface area (Å²) in [6.07, 6.45) is 1.49. The van der Waals surface area contributed by atoms with E-state index < -0.39 is 27.9 Å². The number of halogens is 2. The van der Waals surface area contributed by atoms with Gasteiger partial charge in [0, 0.05) is 17.2 Å². The van der Waals surface area contributed by atoms with E-state index in [-0.39, 0.29) is 45.8 Å². The van der Waals surface area contributed by atoms with Gasteiger partial charge in [0.2, 0.25) is 0 Å². The number of rotatable bonds is 8. The molecule has 1 aliphatic rings. The Morgan fingerprint density at radius 1 is 1.13 bits per heavy atom. The second-order valence-corrected chi connectivity index (χ2v) is 9.24. The molecular weight excluding hydrogens is 539 g/mol. The third-order valence-corrected chi connectivity index (χ3v) is 6.54. The van der Waals surface area contributed by atoms with Crippen molar-refractivity contribution >= 4 is 52.2 Å². The summed E-state index contributed by atoms with van der Waals surface area (Å²) >= 11 is 6.78. The molecule has 3 aromatic rings. The van der Waals surface area contributed by atoms with Crippen molar-refractivity contribution in [3.05, 3.63) is 103 Å². The third kappa shape index (κ3) is 6.01. The van der Waals surface area contributed by atoms with Crippen LogP contribution in [0.1, 0.15) is 28.4 Å². The van der Waals surface area contributed by atoms with Crippen molar-refractivity contribution in [2.45, 2.75) is 13.5 Å². The lowest BCUT2D eigenvalue weighted by Crippen LogP contribution is -2.27. The summed E-state index contributed by atoms with van der Waals surface area (Å²) in [4.78, 5) is 49.5. The van der Waals surface area contributed by atoms with E-state index >= 15 is 0 Å². The zero-order valence-electron chi connectivity index (χ0n) is 19.7. The zero-order valence-corrected chi connectivity index (χ0v) is 21.3. The lowest BCUT2D eigenvalue weighted by Gasteiger charge is -2.13. The molecule has 12 heteroatoms. The quantitative estimate of drug-likeness (QED) is 0.105. The molecule has 0 spiro atoms. The Labute approximate surface area is 224 Å². The predicted octanol–water partition coefficient (Wildman–Crippen LogP) is 6.24. The number of ether oxygens (including phenoxy) is 2. The van der Waals surface area contributed by atoms with E-state index in [2.05, 4.69) is 0 Å². The number of nitrogens with zero attached hydrogens (tertiary/aromatic N) is 2. The molecule has 0 N–H and O–H groups in total. The summed E-state index contributed by atoms with van der Waals surface area (Å²) in [5, 5.41) is 10.6. The first-order valence-corrected chi connectivity index (χ1v) is 12.3. The van der Waals surface area contributed by atoms with Gasteiger partial charge < -0.3 is 9.47 Å². The van der Waals surface area contributed by atoms with E-state index in [0.717, 1.165) is 28.8 Å². The Morgan fingerprint density at radius 3 is 2.63 bits per heavy atom. The number of thioether (sulfide) groups is 1. The molecule has 1 aliphatic heterocycles. The number of hydrogen-bond donors (Lipinski definition) is 0. The topological polar surface area (TPSA) is 116 Å². The fraction of sp³-hybridized carbons (Fsp3) is 0.115. The highest BCUT2D eigenvalue weighted by Crippen LogP contribution is 2.36. The molecule has 0 unspecified atom stereocenters. The van der Waals surface area contributed by atoms with Gasteiger partial charge in [0.1, 0.15) is 5.82 Å². The van der Waals surface area contributed by atoms with Crippen LogP contribution in [0.15, 0.2) is 65.6 Å². The normalized spacial score (nSPS) is 14.2. The summed E-state index contributed by atoms with van der Waals surface area (Å²) in [5.41, 5.74) is 0.648. The number of nitro groups is 1. The van der Waals surface area contributed by atoms with Crippen LogP contribution < -0.4 is 9.47 Å². The minimum atomic E-state index is -0.817. The molecule has 1 fully saturated rings. The summed E-state index contributed by atoms with van der Waals surface area (Å²) in [7, 11) is 0. The molecule has 0 saturated carbocycles. The molecule has 0 radical (unpaired) electrons. The minimum absolute atomic E-state index is 0.0133. The average molecular weight is 557 g/mol. The van der Waals surface area contributed by atoms with E-state index in [1.807, 2.05) is 0 Å². The number of amides is 2. The Morgan fingerprint density at radius 2 is 1.92 bits per heavy atom. The maximum atomic E-state index is 13.3. The van der Waals surface area contributed by atoms with Gasteiger partial charge in [-0.1, -0.05) is 29.8 Å². The van der Waals surface area contributed by atoms with Gasteiger partial charge in [-0.2, -0.15) is 0 Å². The average Bonchev–Trinajstić information content (AvgIpc) is 3.14. The number of carbonyl (C=O) groups excluding carboxylic acids is 3. The molecule has 0 bridgehead atoms. The van der Waals surface area contributed by atoms with E-state index in [1.54, 1.807) is 13.0 Å². The van der Waals surface area contributed by atoms with Crippen molar-refractivity contribution < 1.29 is 33.2 Å². The van der Waals surface area contributed by atoms with Gasteiger partial charge in [0.15, 0.2) is 11.5 Å². The SMILES string of the molecule is CCOc1cc(/C=C2\SC(=O)N(Cc3ccc(F)cc3Cl)C2=O)ccc1OC(=O)c1cccc([N+](=O)[O-])c1. The monoisotopic (exact) mass is 556 g/mol. The van der Waals surface area contributed by atoms with E-state index in [9.17, 15) is 28.9 Å². The van der Waals surface area contributed by atoms with Crippen molar-refractivity contribution in [3.8, 4) is 11.5 Å². The Balaban J connectivity index is 1.54. The summed E-state index contributed by atoms with van der Waals surface area (Å²) < 4.78 is 24.3. The Kier molecular flexibility index (Phi) is 8.08. The van der Waals surface area contributed by atoms with Crippen LogP contribution in [-0.2, 0) is 11.3 Å². The van der Waals surface area contributed by atoms with Crippen molar-refractivity contribution in [2.24, 2.45) is 0 Å². The molecule has 0 atom stereocenters. The van der Waals surface area contributed by atoms with Crippen LogP contribution in [0.5, 0.6) is 11.5 Å². The number of carbonyl (C=O) groups is 3. The van der Waals surface area contributed by atoms with Gasteiger partial charge in [-0.15, -0.1) is 0 Å². The van der Waals surface area contributed by atoms with Crippen molar-refractivity contribution in [1.29, 1.82) is 0 Å². The molecule has 194 valence electrons. The first-order chi connectivity index (χ1) is 18.2. The molecule has 0 aliphatic carbocycles. The first-order valence-electron chi connectivity index (χ1n) is 11.1. The maximum absolute atomic E-state index is 13.3. The fourth-order valence-electron chi connectivity index (χ4n) is 3.48. The number of hydrogen-bond acceptors (Lipinski definition) is 8. The number of non-ortho nitro benzene ring substituents is 1. The highest BCUT2D eigenvalue weighted by atomic mass is 35.5. The number of benzene rings is 3. The molecule has 4 rings (SSSR count). The van der Waals surface area contributed by atoms with Gasteiger partial charge >= 0.3 is 5.97 Å². The van der Waals surface area contributed by atoms with Crippen LogP contribution in [0.3, 0.4) is 0 Å². The highest BCUT2D eigenvalue weighted by molar-refractivity contribution is 8.18. The van der Waals surface area contributed by atoms with E-state index in [4.69, 9.17) is 21.1 Å². The third-order valence-electron chi connectivity index (χ3n) is 5.28. The molecule has 3 aromatic carbocycles. The van der Waals surface area contributed by atoms with Gasteiger partial charge in [0.25, 0.3) is 16.8 Å². The van der Waals surface area contributed by atoms with Gasteiger partial charge in [0.05, 0.1) is 28.5 Å². The molecule has 0 aromatic heterocycles. The minimum Gasteiger partial charge on any atom is -0.490 e. The first kappa shape index (κ1) is 26.8. The smallest absolute Gasteiger partial charge is 0.343 e. The summed E-state index contributed by atoms with van der Waals surface area (Å²) in [5.74, 6) is -1.63. The standard InChI is InChI=1S/C26H18ClFN2O7S/c1-2-36-22-10-15(6-9-21(22)37-25(32)16-4-3-5-19(12-16)30(34)35)11-23-24(31)29(26(33)38-23)14-17-7-8-18(28)13-20(17)27/h3-13H,2,14H2,1H3/b23-11-. The van der Waals surface area contributed by atoms with Gasteiger partial charge in [-0.05, 0) is 66.2 Å². The lowest BCUT2D eigenvalue weighted by atomic mass is 10.1. The largest absolute Gasteiger partial charge is 0.490 e. The van der Waals surface area contributed by atoms with Crippen LogP contribution in [0.4, 0.5) is 14.9 Å². The highest BCUT2D eigenvalue weighted by Gasteiger charge is 2.35. The van der Waals surface area contributed by atoms with Crippen LogP contribution >= 0.6 is 23.4 Å². The Bertz CT molecular complexity index is 1490. The molecule has 9 nitrogen and oxygen atoms in total. The summed E-state index contributed by atoms with van der Waals surface area (Å²) in [6.45, 7) is 1.85. The number of nitro benzene ring substituents is 1. The predicted molar refractivity (Wildman–Crippen MR) is 139 cm³/mol. The van der Waals surface area contributed by atoms with Gasteiger partial charge in [-0.25, -0.2) is 9.18 Å².